The summed E-state index contributed by atoms with van der Waals surface area (Å²) in [5, 5.41) is 8.38. The summed E-state index contributed by atoms with van der Waals surface area (Å²) < 4.78 is 29.1. The summed E-state index contributed by atoms with van der Waals surface area (Å²) in [5.74, 6) is 0.419. The maximum absolute atomic E-state index is 12.0. The molecule has 0 fully saturated rings. The first-order valence-electron chi connectivity index (χ1n) is 5.34. The lowest BCUT2D eigenvalue weighted by Gasteiger charge is -2.08. The predicted octanol–water partition coefficient (Wildman–Crippen LogP) is 2.16. The Hall–Kier alpha value is -1.54. The minimum Gasteiger partial charge on any atom is -0.495 e. The van der Waals surface area contributed by atoms with Crippen molar-refractivity contribution in [2.24, 2.45) is 0 Å². The number of nitrogens with zero attached hydrogens (tertiary/aromatic N) is 1. The second-order valence-corrected chi connectivity index (χ2v) is 5.66. The lowest BCUT2D eigenvalue weighted by atomic mass is 10.3. The smallest absolute Gasteiger partial charge is 0.182 e. The van der Waals surface area contributed by atoms with Crippen LogP contribution in [0.4, 0.5) is 0 Å². The minimum absolute atomic E-state index is 0.0506. The summed E-state index contributed by atoms with van der Waals surface area (Å²) in [4.78, 5) is 0.222. The molecule has 17 heavy (non-hydrogen) atoms. The van der Waals surface area contributed by atoms with E-state index < -0.39 is 9.84 Å². The Balaban J connectivity index is 2.79. The topological polar surface area (TPSA) is 67.2 Å². The summed E-state index contributed by atoms with van der Waals surface area (Å²) in [6.07, 6.45) is 1.49. The Bertz CT molecular complexity index is 503. The summed E-state index contributed by atoms with van der Waals surface area (Å²) in [6.45, 7) is 0. The lowest BCUT2D eigenvalue weighted by molar-refractivity contribution is 0.402. The van der Waals surface area contributed by atoms with Crippen molar-refractivity contribution >= 4 is 9.84 Å². The van der Waals surface area contributed by atoms with E-state index in [0.29, 0.717) is 25.0 Å². The molecule has 5 heteroatoms. The molecule has 0 saturated heterocycles. The van der Waals surface area contributed by atoms with Gasteiger partial charge >= 0.3 is 0 Å². The Morgan fingerprint density at radius 1 is 1.29 bits per heavy atom. The molecule has 0 atom stereocenters. The fourth-order valence-corrected chi connectivity index (χ4v) is 3.03. The highest BCUT2D eigenvalue weighted by atomic mass is 32.2. The van der Waals surface area contributed by atoms with Gasteiger partial charge in [0, 0.05) is 6.42 Å². The van der Waals surface area contributed by atoms with Gasteiger partial charge in [0.05, 0.1) is 18.9 Å². The second-order valence-electron chi connectivity index (χ2n) is 3.58. The number of unbranched alkanes of at least 4 members (excludes halogenated alkanes) is 2. The Kier molecular flexibility index (Phi) is 4.98. The summed E-state index contributed by atoms with van der Waals surface area (Å²) in [5.41, 5.74) is 0. The Morgan fingerprint density at radius 2 is 2.00 bits per heavy atom. The van der Waals surface area contributed by atoms with Gasteiger partial charge < -0.3 is 4.74 Å². The van der Waals surface area contributed by atoms with Crippen LogP contribution >= 0.6 is 0 Å². The van der Waals surface area contributed by atoms with Gasteiger partial charge in [0.1, 0.15) is 10.6 Å². The number of methoxy groups -OCH3 is 1. The van der Waals surface area contributed by atoms with Crippen LogP contribution in [0.2, 0.25) is 0 Å². The van der Waals surface area contributed by atoms with Gasteiger partial charge in [-0.2, -0.15) is 5.26 Å². The number of benzene rings is 1. The fourth-order valence-electron chi connectivity index (χ4n) is 1.48. The molecule has 0 radical (unpaired) electrons. The number of hydrogen-bond acceptors (Lipinski definition) is 4. The third-order valence-corrected chi connectivity index (χ3v) is 4.19. The SMILES string of the molecule is COc1ccccc1S(=O)(=O)CCCCC#N. The summed E-state index contributed by atoms with van der Waals surface area (Å²) in [7, 11) is -1.87. The highest BCUT2D eigenvalue weighted by Gasteiger charge is 2.18. The Morgan fingerprint density at radius 3 is 2.65 bits per heavy atom. The number of hydrogen-bond donors (Lipinski definition) is 0. The maximum Gasteiger partial charge on any atom is 0.182 e. The van der Waals surface area contributed by atoms with Crippen LogP contribution in [-0.2, 0) is 9.84 Å². The number of para-hydroxylation sites is 1. The zero-order valence-corrected chi connectivity index (χ0v) is 10.5. The predicted molar refractivity (Wildman–Crippen MR) is 64.5 cm³/mol. The zero-order chi connectivity index (χ0) is 12.7. The van der Waals surface area contributed by atoms with E-state index in [0.717, 1.165) is 0 Å². The van der Waals surface area contributed by atoms with Crippen LogP contribution in [0.25, 0.3) is 0 Å². The van der Waals surface area contributed by atoms with E-state index in [9.17, 15) is 8.42 Å². The molecule has 0 unspecified atom stereocenters. The van der Waals surface area contributed by atoms with Gasteiger partial charge in [0.15, 0.2) is 9.84 Å². The van der Waals surface area contributed by atoms with E-state index in [4.69, 9.17) is 10.00 Å². The van der Waals surface area contributed by atoms with Crippen molar-refractivity contribution in [3.63, 3.8) is 0 Å². The molecule has 1 rings (SSSR count). The third kappa shape index (κ3) is 3.75. The van der Waals surface area contributed by atoms with Crippen LogP contribution in [0.1, 0.15) is 19.3 Å². The van der Waals surface area contributed by atoms with Crippen molar-refractivity contribution in [3.05, 3.63) is 24.3 Å². The van der Waals surface area contributed by atoms with E-state index in [2.05, 4.69) is 0 Å². The first-order chi connectivity index (χ1) is 8.11. The molecule has 92 valence electrons. The van der Waals surface area contributed by atoms with Crippen molar-refractivity contribution in [1.82, 2.24) is 0 Å². The molecule has 1 aromatic carbocycles. The van der Waals surface area contributed by atoms with Gasteiger partial charge in [-0.05, 0) is 25.0 Å². The molecule has 0 N–H and O–H groups in total. The number of rotatable bonds is 6. The van der Waals surface area contributed by atoms with E-state index in [1.165, 1.54) is 7.11 Å². The molecular formula is C12H15NO3S. The Labute approximate surface area is 102 Å². The van der Waals surface area contributed by atoms with Crippen molar-refractivity contribution in [2.75, 3.05) is 12.9 Å². The van der Waals surface area contributed by atoms with E-state index in [-0.39, 0.29) is 10.6 Å². The highest BCUT2D eigenvalue weighted by Crippen LogP contribution is 2.24. The van der Waals surface area contributed by atoms with Crippen LogP contribution in [0.5, 0.6) is 5.75 Å². The average Bonchev–Trinajstić information content (AvgIpc) is 2.34. The van der Waals surface area contributed by atoms with Crippen molar-refractivity contribution in [3.8, 4) is 11.8 Å². The summed E-state index contributed by atoms with van der Waals surface area (Å²) in [6, 6.07) is 8.57. The molecule has 0 aliphatic carbocycles. The normalized spacial score (nSPS) is 10.8. The average molecular weight is 253 g/mol. The second kappa shape index (κ2) is 6.26. The zero-order valence-electron chi connectivity index (χ0n) is 9.72. The molecule has 0 amide bonds. The van der Waals surface area contributed by atoms with Crippen LogP contribution in [0.3, 0.4) is 0 Å². The first-order valence-corrected chi connectivity index (χ1v) is 7.00. The van der Waals surface area contributed by atoms with E-state index >= 15 is 0 Å². The van der Waals surface area contributed by atoms with Crippen LogP contribution in [0, 0.1) is 11.3 Å². The van der Waals surface area contributed by atoms with Gasteiger partial charge in [-0.3, -0.25) is 0 Å². The maximum atomic E-state index is 12.0. The van der Waals surface area contributed by atoms with Gasteiger partial charge in [-0.15, -0.1) is 0 Å². The molecule has 4 nitrogen and oxygen atoms in total. The molecule has 0 aromatic heterocycles. The van der Waals surface area contributed by atoms with Crippen LogP contribution < -0.4 is 4.74 Å². The molecule has 0 saturated carbocycles. The van der Waals surface area contributed by atoms with Crippen molar-refractivity contribution in [1.29, 1.82) is 5.26 Å². The van der Waals surface area contributed by atoms with Gasteiger partial charge in [-0.25, -0.2) is 8.42 Å². The largest absolute Gasteiger partial charge is 0.495 e. The first kappa shape index (κ1) is 13.5. The monoisotopic (exact) mass is 253 g/mol. The van der Waals surface area contributed by atoms with Crippen LogP contribution in [0.15, 0.2) is 29.2 Å². The van der Waals surface area contributed by atoms with Crippen LogP contribution in [-0.4, -0.2) is 21.3 Å². The quantitative estimate of drug-likeness (QED) is 0.729. The molecular weight excluding hydrogens is 238 g/mol. The van der Waals surface area contributed by atoms with Gasteiger partial charge in [0.2, 0.25) is 0 Å². The molecule has 0 heterocycles. The van der Waals surface area contributed by atoms with Gasteiger partial charge in [0.25, 0.3) is 0 Å². The van der Waals surface area contributed by atoms with Crippen molar-refractivity contribution in [2.45, 2.75) is 24.2 Å². The molecule has 0 bridgehead atoms. The minimum atomic E-state index is -3.32. The third-order valence-electron chi connectivity index (χ3n) is 2.36. The van der Waals surface area contributed by atoms with Gasteiger partial charge in [-0.1, -0.05) is 12.1 Å². The molecule has 1 aromatic rings. The molecule has 0 aliphatic rings. The molecule has 0 spiro atoms. The number of sulfone groups is 1. The molecule has 0 aliphatic heterocycles. The highest BCUT2D eigenvalue weighted by molar-refractivity contribution is 7.91. The fraction of sp³-hybridized carbons (Fsp3) is 0.417. The van der Waals surface area contributed by atoms with E-state index in [1.54, 1.807) is 24.3 Å². The number of nitriles is 1. The summed E-state index contributed by atoms with van der Waals surface area (Å²) >= 11 is 0. The van der Waals surface area contributed by atoms with E-state index in [1.807, 2.05) is 6.07 Å². The number of ether oxygens (including phenoxy) is 1. The standard InChI is InChI=1S/C12H15NO3S/c1-16-11-7-3-4-8-12(11)17(14,15)10-6-2-5-9-13/h3-4,7-8H,2,5-6,10H2,1H3. The van der Waals surface area contributed by atoms with Crippen molar-refractivity contribution < 1.29 is 13.2 Å². The lowest BCUT2D eigenvalue weighted by Crippen LogP contribution is -2.08.